The van der Waals surface area contributed by atoms with Crippen LogP contribution < -0.4 is 0 Å². The highest BCUT2D eigenvalue weighted by Gasteiger charge is 2.48. The Morgan fingerprint density at radius 1 is 0.818 bits per heavy atom. The lowest BCUT2D eigenvalue weighted by molar-refractivity contribution is -0.0435. The smallest absolute Gasteiger partial charge is 0.123 e. The number of nitrogens with zero attached hydrogens (tertiary/aromatic N) is 2. The Morgan fingerprint density at radius 3 is 1.97 bits per heavy atom. The molecule has 3 aromatic carbocycles. The van der Waals surface area contributed by atoms with Gasteiger partial charge in [-0.2, -0.15) is 0 Å². The van der Waals surface area contributed by atoms with E-state index in [4.69, 9.17) is 0 Å². The molecule has 2 saturated heterocycles. The van der Waals surface area contributed by atoms with Crippen LogP contribution in [-0.2, 0) is 6.54 Å². The lowest BCUT2D eigenvalue weighted by atomic mass is 9.75. The van der Waals surface area contributed by atoms with Gasteiger partial charge in [-0.3, -0.25) is 9.80 Å². The second-order valence-electron chi connectivity index (χ2n) is 9.57. The maximum absolute atomic E-state index is 13.6. The predicted octanol–water partition coefficient (Wildman–Crippen LogP) is 5.01. The molecule has 0 radical (unpaired) electrons. The maximum Gasteiger partial charge on any atom is 0.123 e. The van der Waals surface area contributed by atoms with Crippen molar-refractivity contribution in [3.63, 3.8) is 0 Å². The molecule has 1 spiro atoms. The normalized spacial score (nSPS) is 24.1. The molecule has 2 unspecified atom stereocenters. The van der Waals surface area contributed by atoms with Crippen LogP contribution in [0.25, 0.3) is 0 Å². The lowest BCUT2D eigenvalue weighted by Crippen LogP contribution is -2.52. The van der Waals surface area contributed by atoms with Crippen LogP contribution in [0.15, 0.2) is 78.9 Å². The van der Waals surface area contributed by atoms with Crippen LogP contribution in [0.3, 0.4) is 0 Å². The summed E-state index contributed by atoms with van der Waals surface area (Å²) >= 11 is 0. The minimum Gasteiger partial charge on any atom is -0.391 e. The van der Waals surface area contributed by atoms with Gasteiger partial charge in [-0.1, -0.05) is 54.6 Å². The summed E-state index contributed by atoms with van der Waals surface area (Å²) in [6.07, 6.45) is 1.46. The highest BCUT2D eigenvalue weighted by Crippen LogP contribution is 2.45. The van der Waals surface area contributed by atoms with Gasteiger partial charge in [0.25, 0.3) is 0 Å². The molecular weight excluding hydrogens is 418 g/mol. The Labute approximate surface area is 194 Å². The van der Waals surface area contributed by atoms with Crippen LogP contribution in [0.1, 0.15) is 35.6 Å². The van der Waals surface area contributed by atoms with E-state index in [0.29, 0.717) is 6.54 Å². The summed E-state index contributed by atoms with van der Waals surface area (Å²) in [5, 5.41) is 11.3. The van der Waals surface area contributed by atoms with Crippen molar-refractivity contribution >= 4 is 0 Å². The number of benzene rings is 3. The minimum atomic E-state index is -0.401. The Bertz CT molecular complexity index is 1010. The van der Waals surface area contributed by atoms with Crippen molar-refractivity contribution in [1.82, 2.24) is 9.80 Å². The topological polar surface area (TPSA) is 26.7 Å². The van der Waals surface area contributed by atoms with Gasteiger partial charge < -0.3 is 5.11 Å². The van der Waals surface area contributed by atoms with Crippen LogP contribution >= 0.6 is 0 Å². The van der Waals surface area contributed by atoms with Crippen LogP contribution in [0.4, 0.5) is 8.78 Å². The standard InChI is InChI=1S/C28H30F2N2O/c29-24-10-6-22(7-11-24)27(23-8-12-25(30)13-9-23)32-17-15-28(20-32)14-16-31(19-26(28)33)18-21-4-2-1-3-5-21/h1-13,26-27,33H,14-20H2. The molecule has 0 saturated carbocycles. The van der Waals surface area contributed by atoms with Gasteiger partial charge in [0, 0.05) is 25.0 Å². The second kappa shape index (κ2) is 9.34. The summed E-state index contributed by atoms with van der Waals surface area (Å²) in [5.41, 5.74) is 3.08. The number of rotatable bonds is 5. The van der Waals surface area contributed by atoms with Gasteiger partial charge in [0.2, 0.25) is 0 Å². The summed E-state index contributed by atoms with van der Waals surface area (Å²) in [6.45, 7) is 4.09. The van der Waals surface area contributed by atoms with E-state index in [1.165, 1.54) is 29.8 Å². The van der Waals surface area contributed by atoms with Gasteiger partial charge in [0.1, 0.15) is 11.6 Å². The largest absolute Gasteiger partial charge is 0.391 e. The fraction of sp³-hybridized carbons (Fsp3) is 0.357. The van der Waals surface area contributed by atoms with Crippen LogP contribution in [0.5, 0.6) is 0 Å². The highest BCUT2D eigenvalue weighted by molar-refractivity contribution is 5.33. The van der Waals surface area contributed by atoms with E-state index in [0.717, 1.165) is 50.1 Å². The van der Waals surface area contributed by atoms with Crippen molar-refractivity contribution in [2.24, 2.45) is 5.41 Å². The van der Waals surface area contributed by atoms with E-state index in [1.54, 1.807) is 0 Å². The maximum atomic E-state index is 13.6. The summed E-state index contributed by atoms with van der Waals surface area (Å²) in [4.78, 5) is 4.71. The summed E-state index contributed by atoms with van der Waals surface area (Å²) < 4.78 is 27.2. The molecule has 33 heavy (non-hydrogen) atoms. The SMILES string of the molecule is OC1CN(Cc2ccccc2)CCC12CCN(C(c1ccc(F)cc1)c1ccc(F)cc1)C2. The van der Waals surface area contributed by atoms with Gasteiger partial charge >= 0.3 is 0 Å². The Morgan fingerprint density at radius 2 is 1.39 bits per heavy atom. The van der Waals surface area contributed by atoms with Crippen LogP contribution in [0, 0.1) is 17.0 Å². The molecule has 0 aliphatic carbocycles. The number of hydrogen-bond donors (Lipinski definition) is 1. The van der Waals surface area contributed by atoms with Crippen molar-refractivity contribution in [3.8, 4) is 0 Å². The summed E-state index contributed by atoms with van der Waals surface area (Å²) in [7, 11) is 0. The van der Waals surface area contributed by atoms with Crippen LogP contribution in [0.2, 0.25) is 0 Å². The number of aliphatic hydroxyl groups is 1. The van der Waals surface area contributed by atoms with Gasteiger partial charge in [-0.05, 0) is 66.9 Å². The Hall–Kier alpha value is -2.60. The molecule has 2 heterocycles. The molecule has 172 valence electrons. The van der Waals surface area contributed by atoms with Gasteiger partial charge in [-0.25, -0.2) is 8.78 Å². The van der Waals surface area contributed by atoms with E-state index < -0.39 is 6.10 Å². The van der Waals surface area contributed by atoms with Crippen molar-refractivity contribution in [2.45, 2.75) is 31.5 Å². The van der Waals surface area contributed by atoms with Gasteiger partial charge in [-0.15, -0.1) is 0 Å². The van der Waals surface area contributed by atoms with Gasteiger partial charge in [0.15, 0.2) is 0 Å². The third kappa shape index (κ3) is 4.72. The highest BCUT2D eigenvalue weighted by atomic mass is 19.1. The molecule has 0 amide bonds. The van der Waals surface area contributed by atoms with E-state index in [-0.39, 0.29) is 23.1 Å². The van der Waals surface area contributed by atoms with Crippen molar-refractivity contribution in [1.29, 1.82) is 0 Å². The fourth-order valence-corrected chi connectivity index (χ4v) is 5.59. The van der Waals surface area contributed by atoms with Crippen molar-refractivity contribution < 1.29 is 13.9 Å². The van der Waals surface area contributed by atoms with E-state index >= 15 is 0 Å². The van der Waals surface area contributed by atoms with Gasteiger partial charge in [0.05, 0.1) is 12.1 Å². The zero-order chi connectivity index (χ0) is 22.8. The molecule has 0 bridgehead atoms. The monoisotopic (exact) mass is 448 g/mol. The number of β-amino-alcohol motifs (C(OH)–C–C–N with tert-alkyl or cyclic N) is 1. The quantitative estimate of drug-likeness (QED) is 0.594. The first-order chi connectivity index (χ1) is 16.0. The molecule has 5 rings (SSSR count). The lowest BCUT2D eigenvalue weighted by Gasteiger charge is -2.44. The van der Waals surface area contributed by atoms with E-state index in [9.17, 15) is 13.9 Å². The van der Waals surface area contributed by atoms with E-state index in [2.05, 4.69) is 34.1 Å². The third-order valence-electron chi connectivity index (χ3n) is 7.46. The molecule has 5 heteroatoms. The Kier molecular flexibility index (Phi) is 6.28. The van der Waals surface area contributed by atoms with E-state index in [1.807, 2.05) is 30.3 Å². The number of piperidine rings is 1. The first-order valence-electron chi connectivity index (χ1n) is 11.7. The first-order valence-corrected chi connectivity index (χ1v) is 11.7. The third-order valence-corrected chi connectivity index (χ3v) is 7.46. The first kappa shape index (κ1) is 22.2. The summed E-state index contributed by atoms with van der Waals surface area (Å²) in [5.74, 6) is -0.536. The number of likely N-dealkylation sites (tertiary alicyclic amines) is 2. The molecule has 0 aromatic heterocycles. The average Bonchev–Trinajstić information content (AvgIpc) is 3.25. The van der Waals surface area contributed by atoms with Crippen molar-refractivity contribution in [2.75, 3.05) is 26.2 Å². The second-order valence-corrected chi connectivity index (χ2v) is 9.57. The Balaban J connectivity index is 1.34. The zero-order valence-electron chi connectivity index (χ0n) is 18.7. The molecule has 3 aromatic rings. The summed E-state index contributed by atoms with van der Waals surface area (Å²) in [6, 6.07) is 23.5. The molecule has 3 nitrogen and oxygen atoms in total. The minimum absolute atomic E-state index is 0.0971. The molecule has 2 fully saturated rings. The van der Waals surface area contributed by atoms with Crippen LogP contribution in [-0.4, -0.2) is 47.2 Å². The average molecular weight is 449 g/mol. The zero-order valence-corrected chi connectivity index (χ0v) is 18.7. The molecular formula is C28H30F2N2O. The molecule has 2 atom stereocenters. The van der Waals surface area contributed by atoms with Crippen molar-refractivity contribution in [3.05, 3.63) is 107 Å². The molecule has 1 N–H and O–H groups in total. The number of halogens is 2. The molecule has 2 aliphatic rings. The number of hydrogen-bond acceptors (Lipinski definition) is 3. The molecule has 2 aliphatic heterocycles. The predicted molar refractivity (Wildman–Crippen MR) is 126 cm³/mol. The fourth-order valence-electron chi connectivity index (χ4n) is 5.59. The number of aliphatic hydroxyl groups excluding tert-OH is 1.